The van der Waals surface area contributed by atoms with Gasteiger partial charge >= 0.3 is 15.1 Å². The van der Waals surface area contributed by atoms with E-state index in [-0.39, 0.29) is 24.5 Å². The predicted octanol–water partition coefficient (Wildman–Crippen LogP) is 0.907. The first-order valence-corrected chi connectivity index (χ1v) is 9.43. The lowest BCUT2D eigenvalue weighted by molar-refractivity contribution is -0.110. The zero-order chi connectivity index (χ0) is 17.8. The van der Waals surface area contributed by atoms with Gasteiger partial charge in [0.15, 0.2) is 17.9 Å². The van der Waals surface area contributed by atoms with E-state index in [4.69, 9.17) is 0 Å². The highest BCUT2D eigenvalue weighted by Gasteiger charge is 2.53. The quantitative estimate of drug-likeness (QED) is 0.358. The fourth-order valence-electron chi connectivity index (χ4n) is 2.70. The van der Waals surface area contributed by atoms with Crippen LogP contribution in [0.3, 0.4) is 0 Å². The van der Waals surface area contributed by atoms with Crippen LogP contribution in [0.25, 0.3) is 0 Å². The Kier molecular flexibility index (Phi) is 5.60. The van der Waals surface area contributed by atoms with Crippen LogP contribution in [0.15, 0.2) is 11.3 Å². The maximum atomic E-state index is 12.0. The number of amidine groups is 1. The van der Waals surface area contributed by atoms with Crippen LogP contribution in [0.4, 0.5) is 5.82 Å². The Morgan fingerprint density at radius 1 is 1.38 bits per heavy atom. The number of imidazole rings is 1. The van der Waals surface area contributed by atoms with Crippen LogP contribution in [-0.2, 0) is 14.9 Å². The Morgan fingerprint density at radius 2 is 2.12 bits per heavy atom. The van der Waals surface area contributed by atoms with Crippen molar-refractivity contribution in [3.8, 4) is 0 Å². The molecule has 24 heavy (non-hydrogen) atoms. The molecule has 2 rings (SSSR count). The second-order valence-corrected chi connectivity index (χ2v) is 7.11. The van der Waals surface area contributed by atoms with Gasteiger partial charge < -0.3 is 15.2 Å². The minimum absolute atomic E-state index is 0.150. The number of aldehydes is 1. The highest BCUT2D eigenvalue weighted by Crippen LogP contribution is 2.34. The Hall–Kier alpha value is -1.94. The molecule has 9 nitrogen and oxygen atoms in total. The highest BCUT2D eigenvalue weighted by molar-refractivity contribution is 7.88. The van der Waals surface area contributed by atoms with E-state index in [0.29, 0.717) is 18.7 Å². The fourth-order valence-corrected chi connectivity index (χ4v) is 3.48. The Morgan fingerprint density at radius 3 is 2.71 bits per heavy atom. The van der Waals surface area contributed by atoms with Crippen molar-refractivity contribution >= 4 is 28.1 Å². The summed E-state index contributed by atoms with van der Waals surface area (Å²) in [5.74, 6) is 0.460. The molecular formula is C14H23N5O4S. The van der Waals surface area contributed by atoms with Crippen molar-refractivity contribution in [2.45, 2.75) is 44.5 Å². The zero-order valence-corrected chi connectivity index (χ0v) is 14.6. The summed E-state index contributed by atoms with van der Waals surface area (Å²) in [6.45, 7) is 4.58. The molecule has 10 heteroatoms. The number of hydrogen-bond acceptors (Lipinski definition) is 7. The first-order chi connectivity index (χ1) is 11.4. The third kappa shape index (κ3) is 3.16. The molecule has 2 heterocycles. The molecule has 0 saturated heterocycles. The van der Waals surface area contributed by atoms with Gasteiger partial charge in [0.25, 0.3) is 0 Å². The summed E-state index contributed by atoms with van der Waals surface area (Å²) in [4.78, 5) is 21.7. The third-order valence-corrected chi connectivity index (χ3v) is 5.05. The van der Waals surface area contributed by atoms with Gasteiger partial charge in [-0.25, -0.2) is 9.98 Å². The number of rotatable bonds is 8. The first-order valence-electron chi connectivity index (χ1n) is 7.99. The Bertz CT molecular complexity index is 715. The molecule has 1 atom stereocenters. The summed E-state index contributed by atoms with van der Waals surface area (Å²) in [5, 5.41) is 2.90. The highest BCUT2D eigenvalue weighted by atomic mass is 32.2. The molecule has 1 aliphatic rings. The van der Waals surface area contributed by atoms with Crippen LogP contribution in [0.5, 0.6) is 0 Å². The van der Waals surface area contributed by atoms with Crippen LogP contribution >= 0.6 is 0 Å². The Balaban J connectivity index is 2.50. The minimum atomic E-state index is -4.82. The van der Waals surface area contributed by atoms with Gasteiger partial charge in [0.05, 0.1) is 6.33 Å². The molecular weight excluding hydrogens is 334 g/mol. The Labute approximate surface area is 141 Å². The lowest BCUT2D eigenvalue weighted by atomic mass is 10.2. The molecule has 1 unspecified atom stereocenters. The topological polar surface area (TPSA) is 128 Å². The minimum Gasteiger partial charge on any atom is -0.369 e. The average Bonchev–Trinajstić information content (AvgIpc) is 3.01. The molecule has 0 spiro atoms. The number of carbonyl (C=O) groups is 1. The van der Waals surface area contributed by atoms with Crippen molar-refractivity contribution in [3.63, 3.8) is 0 Å². The van der Waals surface area contributed by atoms with Crippen molar-refractivity contribution in [2.24, 2.45) is 4.99 Å². The predicted molar refractivity (Wildman–Crippen MR) is 90.6 cm³/mol. The molecule has 0 amide bonds. The van der Waals surface area contributed by atoms with E-state index in [1.165, 1.54) is 11.2 Å². The van der Waals surface area contributed by atoms with E-state index in [9.17, 15) is 17.8 Å². The van der Waals surface area contributed by atoms with Gasteiger partial charge in [-0.15, -0.1) is 0 Å². The normalized spacial score (nSPS) is 20.5. The van der Waals surface area contributed by atoms with Gasteiger partial charge in [-0.05, 0) is 13.3 Å². The average molecular weight is 357 g/mol. The van der Waals surface area contributed by atoms with E-state index in [1.54, 1.807) is 0 Å². The number of fused-ring (bicyclic) bond motifs is 1. The smallest absolute Gasteiger partial charge is 0.320 e. The molecule has 1 aromatic rings. The number of unbranched alkanes of at least 4 members (excludes halogenated alkanes) is 3. The molecule has 0 fully saturated rings. The largest absolute Gasteiger partial charge is 0.369 e. The number of aromatic amines is 1. The second-order valence-electron chi connectivity index (χ2n) is 5.56. The molecule has 0 aliphatic carbocycles. The van der Waals surface area contributed by atoms with Gasteiger partial charge in [-0.3, -0.25) is 9.35 Å². The number of H-pyrrole nitrogens is 1. The molecule has 3 N–H and O–H groups in total. The summed E-state index contributed by atoms with van der Waals surface area (Å²) in [5.41, 5.74) is 0.494. The fraction of sp³-hybridized carbons (Fsp3) is 0.643. The third-order valence-electron chi connectivity index (χ3n) is 3.88. The first kappa shape index (κ1) is 18.4. The molecule has 0 saturated carbocycles. The van der Waals surface area contributed by atoms with Crippen LogP contribution in [0.2, 0.25) is 0 Å². The van der Waals surface area contributed by atoms with Gasteiger partial charge in [0.2, 0.25) is 0 Å². The van der Waals surface area contributed by atoms with Crippen molar-refractivity contribution < 1.29 is 17.8 Å². The summed E-state index contributed by atoms with van der Waals surface area (Å²) >= 11 is 0. The molecule has 1 aliphatic heterocycles. The number of aromatic nitrogens is 2. The molecule has 1 aromatic heterocycles. The van der Waals surface area contributed by atoms with Crippen molar-refractivity contribution in [2.75, 3.05) is 18.0 Å². The summed E-state index contributed by atoms with van der Waals surface area (Å²) in [6, 6.07) is 0. The number of aliphatic imine (C=N–C) groups is 1. The van der Waals surface area contributed by atoms with E-state index >= 15 is 0 Å². The van der Waals surface area contributed by atoms with E-state index in [0.717, 1.165) is 19.3 Å². The van der Waals surface area contributed by atoms with Crippen LogP contribution in [-0.4, -0.2) is 53.1 Å². The standard InChI is InChI=1S/C14H23N5O4S/c1-3-5-6-7-8-19-13-11(16-10-17-13)12(15-4-2)18-14(19,9-20)24(21,22)23/h9-10H,3-8H2,1-2H3,(H,15,18)(H,16,17)(H,21,22,23). The number of anilines is 1. The van der Waals surface area contributed by atoms with Crippen molar-refractivity contribution in [1.82, 2.24) is 15.3 Å². The van der Waals surface area contributed by atoms with Gasteiger partial charge in [-0.2, -0.15) is 8.42 Å². The second kappa shape index (κ2) is 7.31. The van der Waals surface area contributed by atoms with Gasteiger partial charge in [0, 0.05) is 13.1 Å². The molecule has 0 bridgehead atoms. The molecule has 134 valence electrons. The summed E-state index contributed by atoms with van der Waals surface area (Å²) in [7, 11) is -4.82. The number of hydrogen-bond donors (Lipinski definition) is 3. The van der Waals surface area contributed by atoms with Crippen LogP contribution in [0, 0.1) is 0 Å². The van der Waals surface area contributed by atoms with E-state index in [1.807, 2.05) is 6.92 Å². The summed E-state index contributed by atoms with van der Waals surface area (Å²) < 4.78 is 33.8. The van der Waals surface area contributed by atoms with Crippen molar-refractivity contribution in [3.05, 3.63) is 12.0 Å². The lowest BCUT2D eigenvalue weighted by Crippen LogP contribution is -2.59. The van der Waals surface area contributed by atoms with Gasteiger partial charge in [-0.1, -0.05) is 26.2 Å². The van der Waals surface area contributed by atoms with E-state index in [2.05, 4.69) is 27.2 Å². The lowest BCUT2D eigenvalue weighted by Gasteiger charge is -2.38. The zero-order valence-electron chi connectivity index (χ0n) is 13.8. The molecule has 0 aromatic carbocycles. The van der Waals surface area contributed by atoms with Crippen LogP contribution in [0.1, 0.15) is 45.2 Å². The maximum Gasteiger partial charge on any atom is 0.320 e. The SMILES string of the molecule is CCCCCCN1c2nc[nH]c2C(NCC)=NC1(C=O)S(=O)(=O)O. The van der Waals surface area contributed by atoms with Crippen LogP contribution < -0.4 is 10.2 Å². The molecule has 0 radical (unpaired) electrons. The summed E-state index contributed by atoms with van der Waals surface area (Å²) in [6.07, 6.45) is 5.09. The number of nitrogens with zero attached hydrogens (tertiary/aromatic N) is 3. The number of nitrogens with one attached hydrogen (secondary N) is 2. The van der Waals surface area contributed by atoms with Gasteiger partial charge in [0.1, 0.15) is 5.69 Å². The van der Waals surface area contributed by atoms with Crippen molar-refractivity contribution in [1.29, 1.82) is 0 Å². The number of carbonyl (C=O) groups excluding carboxylic acids is 1. The van der Waals surface area contributed by atoms with E-state index < -0.39 is 15.1 Å². The maximum absolute atomic E-state index is 12.0. The monoisotopic (exact) mass is 357 g/mol.